The SMILES string of the molecule is CC(C)NC(=O)CSCc1ccc(Br)cc1. The van der Waals surface area contributed by atoms with Gasteiger partial charge in [0.05, 0.1) is 5.75 Å². The highest BCUT2D eigenvalue weighted by molar-refractivity contribution is 9.10. The number of nitrogens with one attached hydrogen (secondary N) is 1. The number of thioether (sulfide) groups is 1. The lowest BCUT2D eigenvalue weighted by molar-refractivity contribution is -0.119. The zero-order chi connectivity index (χ0) is 12.0. The van der Waals surface area contributed by atoms with Crippen LogP contribution in [0, 0.1) is 0 Å². The maximum Gasteiger partial charge on any atom is 0.230 e. The Kier molecular flexibility index (Phi) is 5.91. The molecule has 0 heterocycles. The summed E-state index contributed by atoms with van der Waals surface area (Å²) in [4.78, 5) is 11.4. The summed E-state index contributed by atoms with van der Waals surface area (Å²) < 4.78 is 1.08. The lowest BCUT2D eigenvalue weighted by Crippen LogP contribution is -2.31. The van der Waals surface area contributed by atoms with E-state index in [1.807, 2.05) is 26.0 Å². The second kappa shape index (κ2) is 6.97. The molecule has 0 aliphatic heterocycles. The number of carbonyl (C=O) groups is 1. The Bertz CT molecular complexity index is 337. The molecule has 1 aromatic carbocycles. The van der Waals surface area contributed by atoms with Crippen molar-refractivity contribution < 1.29 is 4.79 Å². The van der Waals surface area contributed by atoms with Crippen molar-refractivity contribution in [2.75, 3.05) is 5.75 Å². The smallest absolute Gasteiger partial charge is 0.230 e. The molecule has 1 aromatic rings. The van der Waals surface area contributed by atoms with E-state index in [1.54, 1.807) is 11.8 Å². The van der Waals surface area contributed by atoms with Gasteiger partial charge in [0.2, 0.25) is 5.91 Å². The van der Waals surface area contributed by atoms with E-state index in [2.05, 4.69) is 33.4 Å². The highest BCUT2D eigenvalue weighted by Crippen LogP contribution is 2.15. The third-order valence-electron chi connectivity index (χ3n) is 1.86. The fourth-order valence-corrected chi connectivity index (χ4v) is 2.27. The highest BCUT2D eigenvalue weighted by Gasteiger charge is 2.03. The summed E-state index contributed by atoms with van der Waals surface area (Å²) in [5.74, 6) is 1.50. The van der Waals surface area contributed by atoms with Crippen LogP contribution in [0.15, 0.2) is 28.7 Å². The Morgan fingerprint density at radius 1 is 1.38 bits per heavy atom. The number of halogens is 1. The van der Waals surface area contributed by atoms with Gasteiger partial charge in [0, 0.05) is 16.3 Å². The lowest BCUT2D eigenvalue weighted by atomic mass is 10.2. The Morgan fingerprint density at radius 3 is 2.56 bits per heavy atom. The summed E-state index contributed by atoms with van der Waals surface area (Å²) in [5.41, 5.74) is 1.24. The van der Waals surface area contributed by atoms with Crippen LogP contribution >= 0.6 is 27.7 Å². The molecule has 2 nitrogen and oxygen atoms in total. The van der Waals surface area contributed by atoms with Gasteiger partial charge < -0.3 is 5.32 Å². The van der Waals surface area contributed by atoms with Crippen molar-refractivity contribution in [2.45, 2.75) is 25.6 Å². The summed E-state index contributed by atoms with van der Waals surface area (Å²) in [6.45, 7) is 3.94. The molecule has 1 amide bonds. The van der Waals surface area contributed by atoms with Gasteiger partial charge in [-0.25, -0.2) is 0 Å². The first-order chi connectivity index (χ1) is 7.58. The third kappa shape index (κ3) is 5.56. The fraction of sp³-hybridized carbons (Fsp3) is 0.417. The van der Waals surface area contributed by atoms with Gasteiger partial charge in [-0.05, 0) is 31.5 Å². The van der Waals surface area contributed by atoms with Crippen molar-refractivity contribution in [1.82, 2.24) is 5.32 Å². The summed E-state index contributed by atoms with van der Waals surface area (Å²) in [6, 6.07) is 8.39. The molecule has 0 radical (unpaired) electrons. The molecule has 0 atom stereocenters. The van der Waals surface area contributed by atoms with E-state index in [1.165, 1.54) is 5.56 Å². The molecule has 1 rings (SSSR count). The van der Waals surface area contributed by atoms with Gasteiger partial charge in [-0.2, -0.15) is 0 Å². The van der Waals surface area contributed by atoms with Gasteiger partial charge in [-0.1, -0.05) is 28.1 Å². The lowest BCUT2D eigenvalue weighted by Gasteiger charge is -2.07. The standard InChI is InChI=1S/C12H16BrNOS/c1-9(2)14-12(15)8-16-7-10-3-5-11(13)6-4-10/h3-6,9H,7-8H2,1-2H3,(H,14,15). The van der Waals surface area contributed by atoms with Gasteiger partial charge in [0.15, 0.2) is 0 Å². The minimum absolute atomic E-state index is 0.108. The van der Waals surface area contributed by atoms with Crippen molar-refractivity contribution in [3.8, 4) is 0 Å². The van der Waals surface area contributed by atoms with Crippen LogP contribution in [0.5, 0.6) is 0 Å². The molecule has 4 heteroatoms. The molecule has 0 saturated carbocycles. The quantitative estimate of drug-likeness (QED) is 0.905. The van der Waals surface area contributed by atoms with Crippen LogP contribution in [0.1, 0.15) is 19.4 Å². The van der Waals surface area contributed by atoms with E-state index in [-0.39, 0.29) is 11.9 Å². The summed E-state index contributed by atoms with van der Waals surface area (Å²) in [7, 11) is 0. The van der Waals surface area contributed by atoms with E-state index in [4.69, 9.17) is 0 Å². The topological polar surface area (TPSA) is 29.1 Å². The minimum atomic E-state index is 0.108. The van der Waals surface area contributed by atoms with Crippen molar-refractivity contribution in [2.24, 2.45) is 0 Å². The van der Waals surface area contributed by atoms with Crippen molar-refractivity contribution in [3.63, 3.8) is 0 Å². The van der Waals surface area contributed by atoms with Crippen molar-refractivity contribution in [1.29, 1.82) is 0 Å². The van der Waals surface area contributed by atoms with E-state index in [9.17, 15) is 4.79 Å². The first kappa shape index (κ1) is 13.6. The predicted molar refractivity (Wildman–Crippen MR) is 73.6 cm³/mol. The maximum absolute atomic E-state index is 11.4. The Balaban J connectivity index is 2.25. The average molecular weight is 302 g/mol. The molecule has 0 fully saturated rings. The summed E-state index contributed by atoms with van der Waals surface area (Å²) >= 11 is 5.03. The predicted octanol–water partition coefficient (Wildman–Crippen LogP) is 3.21. The number of amides is 1. The zero-order valence-electron chi connectivity index (χ0n) is 9.50. The van der Waals surface area contributed by atoms with Crippen LogP contribution in [0.25, 0.3) is 0 Å². The monoisotopic (exact) mass is 301 g/mol. The van der Waals surface area contributed by atoms with Crippen molar-refractivity contribution in [3.05, 3.63) is 34.3 Å². The molecule has 88 valence electrons. The van der Waals surface area contributed by atoms with Gasteiger partial charge in [-0.3, -0.25) is 4.79 Å². The van der Waals surface area contributed by atoms with Crippen LogP contribution in [-0.4, -0.2) is 17.7 Å². The van der Waals surface area contributed by atoms with Gasteiger partial charge in [0.25, 0.3) is 0 Å². The first-order valence-corrected chi connectivity index (χ1v) is 7.14. The van der Waals surface area contributed by atoms with E-state index < -0.39 is 0 Å². The molecule has 0 spiro atoms. The Morgan fingerprint density at radius 2 is 2.00 bits per heavy atom. The molecule has 0 aliphatic carbocycles. The van der Waals surface area contributed by atoms with Gasteiger partial charge in [-0.15, -0.1) is 11.8 Å². The van der Waals surface area contributed by atoms with Crippen molar-refractivity contribution >= 4 is 33.6 Å². The minimum Gasteiger partial charge on any atom is -0.353 e. The molecule has 0 aliphatic rings. The molecular formula is C12H16BrNOS. The van der Waals surface area contributed by atoms with Crippen LogP contribution in [-0.2, 0) is 10.5 Å². The van der Waals surface area contributed by atoms with Crippen LogP contribution in [0.4, 0.5) is 0 Å². The third-order valence-corrected chi connectivity index (χ3v) is 3.40. The molecule has 0 bridgehead atoms. The zero-order valence-corrected chi connectivity index (χ0v) is 11.9. The summed E-state index contributed by atoms with van der Waals surface area (Å²) in [6.07, 6.45) is 0. The Hall–Kier alpha value is -0.480. The van der Waals surface area contributed by atoms with Crippen LogP contribution < -0.4 is 5.32 Å². The largest absolute Gasteiger partial charge is 0.353 e. The Labute approximate surface area is 109 Å². The van der Waals surface area contributed by atoms with E-state index in [0.717, 1.165) is 10.2 Å². The average Bonchev–Trinajstić information content (AvgIpc) is 2.20. The molecule has 0 aromatic heterocycles. The van der Waals surface area contributed by atoms with Crippen LogP contribution in [0.3, 0.4) is 0 Å². The van der Waals surface area contributed by atoms with E-state index in [0.29, 0.717) is 5.75 Å². The first-order valence-electron chi connectivity index (χ1n) is 5.19. The molecule has 1 N–H and O–H groups in total. The van der Waals surface area contributed by atoms with E-state index >= 15 is 0 Å². The number of rotatable bonds is 5. The second-order valence-corrected chi connectivity index (χ2v) is 5.74. The number of carbonyl (C=O) groups excluding carboxylic acids is 1. The number of hydrogen-bond donors (Lipinski definition) is 1. The number of benzene rings is 1. The molecule has 0 unspecified atom stereocenters. The molecular weight excluding hydrogens is 286 g/mol. The second-order valence-electron chi connectivity index (χ2n) is 3.84. The maximum atomic E-state index is 11.4. The molecule has 16 heavy (non-hydrogen) atoms. The number of hydrogen-bond acceptors (Lipinski definition) is 2. The fourth-order valence-electron chi connectivity index (χ4n) is 1.21. The highest BCUT2D eigenvalue weighted by atomic mass is 79.9. The normalized spacial score (nSPS) is 10.5. The van der Waals surface area contributed by atoms with Crippen LogP contribution in [0.2, 0.25) is 0 Å². The molecule has 0 saturated heterocycles. The summed E-state index contributed by atoms with van der Waals surface area (Å²) in [5, 5.41) is 2.87. The van der Waals surface area contributed by atoms with Gasteiger partial charge >= 0.3 is 0 Å². The van der Waals surface area contributed by atoms with Gasteiger partial charge in [0.1, 0.15) is 0 Å².